The molecule has 0 aliphatic carbocycles. The molecule has 2 heterocycles. The van der Waals surface area contributed by atoms with Gasteiger partial charge >= 0.3 is 5.97 Å². The van der Waals surface area contributed by atoms with Crippen LogP contribution in [0.2, 0.25) is 0 Å². The summed E-state index contributed by atoms with van der Waals surface area (Å²) >= 11 is 1.52. The van der Waals surface area contributed by atoms with Crippen LogP contribution in [0, 0.1) is 5.92 Å². The number of aromatic nitrogens is 2. The first-order valence-electron chi connectivity index (χ1n) is 11.9. The lowest BCUT2D eigenvalue weighted by molar-refractivity contribution is -0.268. The zero-order chi connectivity index (χ0) is 26.2. The molecule has 4 rings (SSSR count). The molecule has 0 unspecified atom stereocenters. The average Bonchev–Trinajstić information content (AvgIpc) is 2.92. The van der Waals surface area contributed by atoms with E-state index in [-0.39, 0.29) is 43.5 Å². The third kappa shape index (κ3) is 7.36. The number of ether oxygens (including phenoxy) is 2. The van der Waals surface area contributed by atoms with Crippen LogP contribution < -0.4 is 5.32 Å². The summed E-state index contributed by atoms with van der Waals surface area (Å²) in [5.41, 5.74) is 3.17. The first-order valence-corrected chi connectivity index (χ1v) is 12.9. The predicted octanol–water partition coefficient (Wildman–Crippen LogP) is 4.36. The van der Waals surface area contributed by atoms with Gasteiger partial charge in [-0.05, 0) is 29.3 Å². The molecular formula is C27H29N3O6S. The summed E-state index contributed by atoms with van der Waals surface area (Å²) in [5, 5.41) is 21.5. The Labute approximate surface area is 219 Å². The summed E-state index contributed by atoms with van der Waals surface area (Å²) < 4.78 is 12.8. The van der Waals surface area contributed by atoms with Crippen molar-refractivity contribution in [3.63, 3.8) is 0 Å². The lowest BCUT2D eigenvalue weighted by atomic mass is 9.91. The van der Waals surface area contributed by atoms with Crippen molar-refractivity contribution in [1.82, 2.24) is 9.97 Å². The lowest BCUT2D eigenvalue weighted by Gasteiger charge is -2.41. The first-order chi connectivity index (χ1) is 17.9. The van der Waals surface area contributed by atoms with E-state index in [1.54, 1.807) is 30.6 Å². The minimum atomic E-state index is -1.02. The van der Waals surface area contributed by atoms with E-state index in [1.165, 1.54) is 11.8 Å². The van der Waals surface area contributed by atoms with Crippen LogP contribution >= 0.6 is 11.8 Å². The Kier molecular flexibility index (Phi) is 9.24. The topological polar surface area (TPSA) is 131 Å². The molecule has 2 aromatic carbocycles. The van der Waals surface area contributed by atoms with Gasteiger partial charge in [0.1, 0.15) is 0 Å². The van der Waals surface area contributed by atoms with Crippen molar-refractivity contribution < 1.29 is 29.3 Å². The second kappa shape index (κ2) is 12.8. The van der Waals surface area contributed by atoms with Crippen molar-refractivity contribution in [3.05, 3.63) is 83.7 Å². The van der Waals surface area contributed by atoms with Crippen LogP contribution in [0.15, 0.2) is 72.1 Å². The number of carboxylic acid groups (broad SMARTS) is 1. The Morgan fingerprint density at radius 2 is 1.65 bits per heavy atom. The van der Waals surface area contributed by atoms with E-state index in [1.807, 2.05) is 36.4 Å². The van der Waals surface area contributed by atoms with Crippen LogP contribution in [0.3, 0.4) is 0 Å². The molecule has 3 aromatic rings. The number of nitrogens with zero attached hydrogens (tertiary/aromatic N) is 2. The van der Waals surface area contributed by atoms with Crippen LogP contribution in [0.25, 0.3) is 0 Å². The van der Waals surface area contributed by atoms with Crippen LogP contribution in [0.1, 0.15) is 48.8 Å². The summed E-state index contributed by atoms with van der Waals surface area (Å²) in [7, 11) is 0. The van der Waals surface area contributed by atoms with Crippen molar-refractivity contribution in [2.45, 2.75) is 50.0 Å². The second-order valence-corrected chi connectivity index (χ2v) is 9.72. The Hall–Kier alpha value is -3.31. The molecule has 0 spiro atoms. The Bertz CT molecular complexity index is 1180. The number of aliphatic carboxylic acids is 1. The standard InChI is InChI=1S/C27H29N3O6S/c1-17-22(16-37-27-28-13-2-14-29-27)35-26(36-25(17)19-5-3-18(15-31)4-6-19)20-7-9-21(10-8-20)30-23(32)11-12-24(33)34/h2-10,13-14,17,22,25-26,31H,11-12,15-16H2,1H3,(H,30,32)(H,33,34)/t17-,22+,25+,26+/m1/s1. The Morgan fingerprint density at radius 1 is 0.973 bits per heavy atom. The number of carbonyl (C=O) groups excluding carboxylic acids is 1. The van der Waals surface area contributed by atoms with E-state index < -0.39 is 12.3 Å². The van der Waals surface area contributed by atoms with Crippen LogP contribution in [0.4, 0.5) is 5.69 Å². The summed E-state index contributed by atoms with van der Waals surface area (Å²) in [4.78, 5) is 31.2. The third-order valence-electron chi connectivity index (χ3n) is 6.07. The molecule has 10 heteroatoms. The second-order valence-electron chi connectivity index (χ2n) is 8.73. The van der Waals surface area contributed by atoms with Gasteiger partial charge in [0.2, 0.25) is 5.91 Å². The number of benzene rings is 2. The van der Waals surface area contributed by atoms with Gasteiger partial charge in [0.15, 0.2) is 11.4 Å². The number of rotatable bonds is 10. The number of carbonyl (C=O) groups is 2. The monoisotopic (exact) mass is 523 g/mol. The normalized spacial score (nSPS) is 21.4. The van der Waals surface area contributed by atoms with Gasteiger partial charge in [0.05, 0.1) is 25.2 Å². The van der Waals surface area contributed by atoms with Crippen LogP contribution in [-0.4, -0.2) is 43.9 Å². The van der Waals surface area contributed by atoms with E-state index >= 15 is 0 Å². The SMILES string of the molecule is C[C@@H]1[C@H](CSc2ncccn2)O[C@H](c2ccc(NC(=O)CCC(=O)O)cc2)O[C@@H]1c1ccc(CO)cc1. The molecule has 194 valence electrons. The first kappa shape index (κ1) is 26.7. The molecule has 1 saturated heterocycles. The van der Waals surface area contributed by atoms with Crippen molar-refractivity contribution in [2.75, 3.05) is 11.1 Å². The Morgan fingerprint density at radius 3 is 2.30 bits per heavy atom. The number of anilines is 1. The maximum absolute atomic E-state index is 12.0. The van der Waals surface area contributed by atoms with Gasteiger partial charge in [0.25, 0.3) is 0 Å². The maximum Gasteiger partial charge on any atom is 0.303 e. The molecule has 0 saturated carbocycles. The lowest BCUT2D eigenvalue weighted by Crippen LogP contribution is -2.38. The molecule has 1 aromatic heterocycles. The summed E-state index contributed by atoms with van der Waals surface area (Å²) in [6.07, 6.45) is 2.05. The predicted molar refractivity (Wildman–Crippen MR) is 138 cm³/mol. The summed E-state index contributed by atoms with van der Waals surface area (Å²) in [6.45, 7) is 2.07. The van der Waals surface area contributed by atoms with E-state index in [2.05, 4.69) is 22.2 Å². The fraction of sp³-hybridized carbons (Fsp3) is 0.333. The fourth-order valence-corrected chi connectivity index (χ4v) is 4.96. The average molecular weight is 524 g/mol. The van der Waals surface area contributed by atoms with Gasteiger partial charge in [-0.2, -0.15) is 0 Å². The largest absolute Gasteiger partial charge is 0.481 e. The van der Waals surface area contributed by atoms with Gasteiger partial charge < -0.3 is 25.0 Å². The molecular weight excluding hydrogens is 494 g/mol. The maximum atomic E-state index is 12.0. The third-order valence-corrected chi connectivity index (χ3v) is 7.04. The van der Waals surface area contributed by atoms with E-state index in [9.17, 15) is 14.7 Å². The quantitative estimate of drug-likeness (QED) is 0.262. The number of nitrogens with one attached hydrogen (secondary N) is 1. The van der Waals surface area contributed by atoms with Gasteiger partial charge in [-0.25, -0.2) is 9.97 Å². The number of aliphatic hydroxyl groups is 1. The smallest absolute Gasteiger partial charge is 0.303 e. The van der Waals surface area contributed by atoms with Gasteiger partial charge in [-0.3, -0.25) is 9.59 Å². The molecule has 3 N–H and O–H groups in total. The van der Waals surface area contributed by atoms with Crippen molar-refractivity contribution >= 4 is 29.3 Å². The van der Waals surface area contributed by atoms with Crippen molar-refractivity contribution in [1.29, 1.82) is 0 Å². The summed E-state index contributed by atoms with van der Waals surface area (Å²) in [6, 6.07) is 16.6. The van der Waals surface area contributed by atoms with E-state index in [0.29, 0.717) is 16.6 Å². The number of aliphatic hydroxyl groups excluding tert-OH is 1. The number of carboxylic acids is 1. The Balaban J connectivity index is 1.50. The molecule has 37 heavy (non-hydrogen) atoms. The van der Waals surface area contributed by atoms with E-state index in [4.69, 9.17) is 14.6 Å². The molecule has 1 aliphatic heterocycles. The van der Waals surface area contributed by atoms with Gasteiger partial charge in [0, 0.05) is 41.7 Å². The highest BCUT2D eigenvalue weighted by atomic mass is 32.2. The highest BCUT2D eigenvalue weighted by Gasteiger charge is 2.38. The fourth-order valence-electron chi connectivity index (χ4n) is 3.99. The highest BCUT2D eigenvalue weighted by Crippen LogP contribution is 2.42. The highest BCUT2D eigenvalue weighted by molar-refractivity contribution is 7.99. The molecule has 1 amide bonds. The summed E-state index contributed by atoms with van der Waals surface area (Å²) in [5.74, 6) is -0.715. The molecule has 4 atom stereocenters. The van der Waals surface area contributed by atoms with Crippen LogP contribution in [-0.2, 0) is 25.7 Å². The van der Waals surface area contributed by atoms with Crippen LogP contribution in [0.5, 0.6) is 0 Å². The number of hydrogen-bond acceptors (Lipinski definition) is 8. The zero-order valence-corrected chi connectivity index (χ0v) is 21.1. The van der Waals surface area contributed by atoms with Crippen molar-refractivity contribution in [3.8, 4) is 0 Å². The molecule has 0 bridgehead atoms. The minimum absolute atomic E-state index is 0.0252. The van der Waals surface area contributed by atoms with Crippen molar-refractivity contribution in [2.24, 2.45) is 5.92 Å². The molecule has 9 nitrogen and oxygen atoms in total. The molecule has 1 fully saturated rings. The molecule has 0 radical (unpaired) electrons. The number of hydrogen-bond donors (Lipinski definition) is 3. The minimum Gasteiger partial charge on any atom is -0.481 e. The number of amides is 1. The zero-order valence-electron chi connectivity index (χ0n) is 20.3. The van der Waals surface area contributed by atoms with E-state index in [0.717, 1.165) is 16.7 Å². The number of thioether (sulfide) groups is 1. The van der Waals surface area contributed by atoms with Gasteiger partial charge in [-0.1, -0.05) is 55.1 Å². The molecule has 1 aliphatic rings. The van der Waals surface area contributed by atoms with Gasteiger partial charge in [-0.15, -0.1) is 0 Å².